The van der Waals surface area contributed by atoms with Crippen molar-refractivity contribution < 1.29 is 0 Å². The predicted molar refractivity (Wildman–Crippen MR) is 67.1 cm³/mol. The van der Waals surface area contributed by atoms with Crippen molar-refractivity contribution >= 4 is 0 Å². The fourth-order valence-electron chi connectivity index (χ4n) is 2.18. The van der Waals surface area contributed by atoms with Crippen molar-refractivity contribution in [3.05, 3.63) is 0 Å². The molecule has 1 N–H and O–H groups in total. The zero-order chi connectivity index (χ0) is 12.0. The summed E-state index contributed by atoms with van der Waals surface area (Å²) in [6.07, 6.45) is 3.93. The highest BCUT2D eigenvalue weighted by Gasteiger charge is 2.29. The summed E-state index contributed by atoms with van der Waals surface area (Å²) in [5, 5.41) is 12.5. The molecule has 3 heteroatoms. The first-order valence-corrected chi connectivity index (χ1v) is 6.52. The Morgan fingerprint density at radius 3 is 2.56 bits per heavy atom. The number of nitrogens with zero attached hydrogens (tertiary/aromatic N) is 2. The number of hydrogen-bond donors (Lipinski definition) is 1. The van der Waals surface area contributed by atoms with E-state index in [1.165, 1.54) is 25.8 Å². The summed E-state index contributed by atoms with van der Waals surface area (Å²) >= 11 is 0. The van der Waals surface area contributed by atoms with Gasteiger partial charge in [-0.25, -0.2) is 0 Å². The van der Waals surface area contributed by atoms with E-state index in [1.54, 1.807) is 0 Å². The van der Waals surface area contributed by atoms with E-state index < -0.39 is 5.54 Å². The maximum absolute atomic E-state index is 9.24. The molecular formula is C13H25N3. The minimum Gasteiger partial charge on any atom is -0.300 e. The van der Waals surface area contributed by atoms with Gasteiger partial charge < -0.3 is 4.90 Å². The summed E-state index contributed by atoms with van der Waals surface area (Å²) in [7, 11) is 0. The standard InChI is InChI=1S/C13H25N3/c1-4-8-16(9-12-6-7-12)11-13(3,10-14)15-5-2/h12,15H,4-9,11H2,1-3H3. The fourth-order valence-corrected chi connectivity index (χ4v) is 2.18. The lowest BCUT2D eigenvalue weighted by atomic mass is 10.0. The molecule has 0 amide bonds. The fraction of sp³-hybridized carbons (Fsp3) is 0.923. The van der Waals surface area contributed by atoms with Crippen LogP contribution in [0.5, 0.6) is 0 Å². The molecule has 0 aromatic carbocycles. The maximum atomic E-state index is 9.24. The third-order valence-corrected chi connectivity index (χ3v) is 3.11. The van der Waals surface area contributed by atoms with Crippen LogP contribution in [0.25, 0.3) is 0 Å². The van der Waals surface area contributed by atoms with Crippen molar-refractivity contribution in [2.24, 2.45) is 5.92 Å². The number of rotatable bonds is 8. The highest BCUT2D eigenvalue weighted by molar-refractivity contribution is 5.05. The van der Waals surface area contributed by atoms with E-state index in [9.17, 15) is 5.26 Å². The second kappa shape index (κ2) is 6.22. The van der Waals surface area contributed by atoms with E-state index in [4.69, 9.17) is 0 Å². The van der Waals surface area contributed by atoms with E-state index in [-0.39, 0.29) is 0 Å². The molecule has 0 bridgehead atoms. The van der Waals surface area contributed by atoms with Crippen LogP contribution >= 0.6 is 0 Å². The van der Waals surface area contributed by atoms with Gasteiger partial charge in [-0.2, -0.15) is 5.26 Å². The summed E-state index contributed by atoms with van der Waals surface area (Å²) < 4.78 is 0. The van der Waals surface area contributed by atoms with E-state index in [1.807, 2.05) is 6.92 Å². The van der Waals surface area contributed by atoms with Crippen LogP contribution in [0.15, 0.2) is 0 Å². The number of likely N-dealkylation sites (N-methyl/N-ethyl adjacent to an activating group) is 1. The summed E-state index contributed by atoms with van der Waals surface area (Å²) in [6, 6.07) is 2.41. The van der Waals surface area contributed by atoms with Crippen LogP contribution in [0.1, 0.15) is 40.0 Å². The summed E-state index contributed by atoms with van der Waals surface area (Å²) in [6.45, 7) is 10.3. The SMILES string of the molecule is CCCN(CC1CC1)CC(C)(C#N)NCC. The van der Waals surface area contributed by atoms with E-state index in [2.05, 4.69) is 30.1 Å². The Morgan fingerprint density at radius 1 is 1.44 bits per heavy atom. The molecule has 1 unspecified atom stereocenters. The monoisotopic (exact) mass is 223 g/mol. The quantitative estimate of drug-likeness (QED) is 0.684. The molecule has 0 aliphatic heterocycles. The van der Waals surface area contributed by atoms with Crippen molar-refractivity contribution in [2.45, 2.75) is 45.6 Å². The van der Waals surface area contributed by atoms with Crippen molar-refractivity contribution in [3.8, 4) is 6.07 Å². The molecular weight excluding hydrogens is 198 g/mol. The van der Waals surface area contributed by atoms with Crippen molar-refractivity contribution in [2.75, 3.05) is 26.2 Å². The molecule has 0 spiro atoms. The Kier molecular flexibility index (Phi) is 5.24. The van der Waals surface area contributed by atoms with Gasteiger partial charge in [-0.05, 0) is 45.2 Å². The van der Waals surface area contributed by atoms with E-state index in [0.717, 1.165) is 25.6 Å². The lowest BCUT2D eigenvalue weighted by Gasteiger charge is -2.31. The van der Waals surface area contributed by atoms with Crippen molar-refractivity contribution in [1.29, 1.82) is 5.26 Å². The van der Waals surface area contributed by atoms with Gasteiger partial charge in [0.25, 0.3) is 0 Å². The molecule has 0 heterocycles. The molecule has 1 aliphatic carbocycles. The minimum absolute atomic E-state index is 0.390. The summed E-state index contributed by atoms with van der Waals surface area (Å²) in [5.74, 6) is 0.899. The third-order valence-electron chi connectivity index (χ3n) is 3.11. The van der Waals surface area contributed by atoms with Gasteiger partial charge in [0, 0.05) is 13.1 Å². The Labute approximate surface area is 99.8 Å². The second-order valence-corrected chi connectivity index (χ2v) is 5.15. The van der Waals surface area contributed by atoms with Crippen molar-refractivity contribution in [1.82, 2.24) is 10.2 Å². The highest BCUT2D eigenvalue weighted by atomic mass is 15.2. The van der Waals surface area contributed by atoms with Crippen LogP contribution in [-0.4, -0.2) is 36.6 Å². The molecule has 1 rings (SSSR count). The van der Waals surface area contributed by atoms with Crippen LogP contribution in [0.4, 0.5) is 0 Å². The van der Waals surface area contributed by atoms with Crippen LogP contribution in [0.3, 0.4) is 0 Å². The highest BCUT2D eigenvalue weighted by Crippen LogP contribution is 2.30. The molecule has 0 saturated heterocycles. The molecule has 92 valence electrons. The molecule has 1 aliphatic rings. The van der Waals surface area contributed by atoms with Gasteiger partial charge in [-0.1, -0.05) is 13.8 Å². The van der Waals surface area contributed by atoms with Crippen molar-refractivity contribution in [3.63, 3.8) is 0 Å². The zero-order valence-electron chi connectivity index (χ0n) is 10.9. The Bertz CT molecular complexity index is 242. The number of hydrogen-bond acceptors (Lipinski definition) is 3. The first kappa shape index (κ1) is 13.5. The first-order valence-electron chi connectivity index (χ1n) is 6.52. The third kappa shape index (κ3) is 4.51. The molecule has 1 atom stereocenters. The summed E-state index contributed by atoms with van der Waals surface area (Å²) in [5.41, 5.74) is -0.390. The molecule has 1 saturated carbocycles. The van der Waals surface area contributed by atoms with Gasteiger partial charge >= 0.3 is 0 Å². The molecule has 0 aromatic heterocycles. The zero-order valence-corrected chi connectivity index (χ0v) is 10.9. The molecule has 0 radical (unpaired) electrons. The van der Waals surface area contributed by atoms with E-state index in [0.29, 0.717) is 0 Å². The molecule has 3 nitrogen and oxygen atoms in total. The normalized spacial score (nSPS) is 19.4. The Morgan fingerprint density at radius 2 is 2.12 bits per heavy atom. The summed E-state index contributed by atoms with van der Waals surface area (Å²) in [4.78, 5) is 2.45. The second-order valence-electron chi connectivity index (χ2n) is 5.15. The van der Waals surface area contributed by atoms with Crippen LogP contribution < -0.4 is 5.32 Å². The average molecular weight is 223 g/mol. The number of nitriles is 1. The van der Waals surface area contributed by atoms with Gasteiger partial charge in [0.15, 0.2) is 0 Å². The topological polar surface area (TPSA) is 39.1 Å². The van der Waals surface area contributed by atoms with Gasteiger partial charge in [-0.3, -0.25) is 5.32 Å². The maximum Gasteiger partial charge on any atom is 0.116 e. The van der Waals surface area contributed by atoms with Crippen LogP contribution in [0, 0.1) is 17.2 Å². The Hall–Kier alpha value is -0.590. The minimum atomic E-state index is -0.390. The van der Waals surface area contributed by atoms with Gasteiger partial charge in [-0.15, -0.1) is 0 Å². The van der Waals surface area contributed by atoms with Crippen LogP contribution in [-0.2, 0) is 0 Å². The van der Waals surface area contributed by atoms with Gasteiger partial charge in [0.05, 0.1) is 6.07 Å². The molecule has 1 fully saturated rings. The lowest BCUT2D eigenvalue weighted by molar-refractivity contribution is 0.213. The van der Waals surface area contributed by atoms with E-state index >= 15 is 0 Å². The lowest BCUT2D eigenvalue weighted by Crippen LogP contribution is -2.50. The molecule has 16 heavy (non-hydrogen) atoms. The van der Waals surface area contributed by atoms with Crippen LogP contribution in [0.2, 0.25) is 0 Å². The van der Waals surface area contributed by atoms with Gasteiger partial charge in [0.1, 0.15) is 5.54 Å². The first-order chi connectivity index (χ1) is 7.63. The average Bonchev–Trinajstić information content (AvgIpc) is 3.02. The Balaban J connectivity index is 2.46. The number of nitrogens with one attached hydrogen (secondary N) is 1. The molecule has 0 aromatic rings. The largest absolute Gasteiger partial charge is 0.300 e. The smallest absolute Gasteiger partial charge is 0.116 e. The van der Waals surface area contributed by atoms with Gasteiger partial charge in [0.2, 0.25) is 0 Å². The predicted octanol–water partition coefficient (Wildman–Crippen LogP) is 2.00.